The first kappa shape index (κ1) is 42.2. The van der Waals surface area contributed by atoms with Crippen molar-refractivity contribution in [2.24, 2.45) is 0 Å². The molecule has 2 aliphatic heterocycles. The van der Waals surface area contributed by atoms with Gasteiger partial charge in [0, 0.05) is 20.3 Å². The van der Waals surface area contributed by atoms with Crippen LogP contribution in [0.2, 0.25) is 0 Å². The van der Waals surface area contributed by atoms with Gasteiger partial charge < -0.3 is 59.1 Å². The molecule has 2 aliphatic rings. The lowest BCUT2D eigenvalue weighted by Crippen LogP contribution is -2.65. The number of carbonyl (C=O) groups excluding carboxylic acids is 2. The zero-order valence-corrected chi connectivity index (χ0v) is 28.5. The van der Waals surface area contributed by atoms with E-state index in [1.165, 1.54) is 26.2 Å². The number of unbranched alkanes of at least 4 members (excludes halogenated alkanes) is 11. The lowest BCUT2D eigenvalue weighted by atomic mass is 9.97. The fourth-order valence-electron chi connectivity index (χ4n) is 5.79. The molecule has 280 valence electrons. The Hall–Kier alpha value is -1.95. The van der Waals surface area contributed by atoms with Gasteiger partial charge in [-0.05, 0) is 19.8 Å². The second-order valence-electron chi connectivity index (χ2n) is 12.9. The minimum atomic E-state index is -1.77. The first-order valence-electron chi connectivity index (χ1n) is 17.3. The van der Waals surface area contributed by atoms with Crippen molar-refractivity contribution in [3.05, 3.63) is 0 Å². The predicted octanol–water partition coefficient (Wildman–Crippen LogP) is 1.70. The molecule has 2 rings (SSSR count). The summed E-state index contributed by atoms with van der Waals surface area (Å²) in [5.74, 6) is -2.00. The van der Waals surface area contributed by atoms with Gasteiger partial charge in [0.15, 0.2) is 12.6 Å². The molecule has 15 nitrogen and oxygen atoms in total. The van der Waals surface area contributed by atoms with E-state index in [2.05, 4.69) is 0 Å². The van der Waals surface area contributed by atoms with Gasteiger partial charge in [0.1, 0.15) is 62.0 Å². The summed E-state index contributed by atoms with van der Waals surface area (Å²) >= 11 is 0. The van der Waals surface area contributed by atoms with Crippen LogP contribution in [0.15, 0.2) is 0 Å². The summed E-state index contributed by atoms with van der Waals surface area (Å²) in [7, 11) is 0. The molecule has 0 aromatic carbocycles. The highest BCUT2D eigenvalue weighted by Crippen LogP contribution is 2.31. The second kappa shape index (κ2) is 22.7. The van der Waals surface area contributed by atoms with Gasteiger partial charge in [0.05, 0.1) is 6.10 Å². The van der Waals surface area contributed by atoms with Crippen LogP contribution in [-0.4, -0.2) is 129 Å². The molecule has 0 bridgehead atoms. The number of carboxylic acids is 1. The maximum absolute atomic E-state index is 11.4. The lowest BCUT2D eigenvalue weighted by molar-refractivity contribution is -0.371. The second-order valence-corrected chi connectivity index (χ2v) is 12.9. The molecular formula is C33H58O15. The van der Waals surface area contributed by atoms with Crippen LogP contribution < -0.4 is 0 Å². The average Bonchev–Trinajstić information content (AvgIpc) is 3.03. The Bertz CT molecular complexity index is 935. The molecule has 0 saturated carbocycles. The van der Waals surface area contributed by atoms with Crippen molar-refractivity contribution in [2.75, 3.05) is 13.2 Å². The average molecular weight is 695 g/mol. The van der Waals surface area contributed by atoms with Crippen molar-refractivity contribution in [1.82, 2.24) is 0 Å². The number of carbonyl (C=O) groups is 3. The van der Waals surface area contributed by atoms with E-state index in [1.807, 2.05) is 6.92 Å². The lowest BCUT2D eigenvalue weighted by Gasteiger charge is -2.46. The third-order valence-corrected chi connectivity index (χ3v) is 8.62. The van der Waals surface area contributed by atoms with Crippen LogP contribution in [0.4, 0.5) is 0 Å². The molecule has 2 heterocycles. The predicted molar refractivity (Wildman–Crippen MR) is 168 cm³/mol. The highest BCUT2D eigenvalue weighted by molar-refractivity contribution is 5.66. The Morgan fingerprint density at radius 2 is 1.04 bits per heavy atom. The summed E-state index contributed by atoms with van der Waals surface area (Å²) in [4.78, 5) is 33.2. The number of aliphatic hydroxyl groups excluding tert-OH is 5. The number of aliphatic carboxylic acids is 1. The largest absolute Gasteiger partial charge is 0.481 e. The summed E-state index contributed by atoms with van der Waals surface area (Å²) in [6.45, 7) is 3.37. The molecule has 0 amide bonds. The minimum Gasteiger partial charge on any atom is -0.481 e. The molecule has 0 radical (unpaired) electrons. The summed E-state index contributed by atoms with van der Waals surface area (Å²) in [5, 5.41) is 61.7. The summed E-state index contributed by atoms with van der Waals surface area (Å²) in [5.41, 5.74) is 0. The summed E-state index contributed by atoms with van der Waals surface area (Å²) in [6, 6.07) is 0. The van der Waals surface area contributed by atoms with E-state index >= 15 is 0 Å². The standard InChI is InChI=1S/C33H58O15/c1-20(16-14-12-10-8-6-4-5-7-9-11-13-15-17-25(36)37)45-33-31(29(41)27(39)24(47-33)19-44-22(3)35)48-32-30(42)28(40)26(38)23(46-32)18-43-21(2)34/h20,23-24,26-33,38-42H,4-19H2,1-3H3,(H,36,37)/t20-,23+,24+,26+,27+,28-,29-,30+,31+,32-,33+/m0/s1. The van der Waals surface area contributed by atoms with Crippen LogP contribution in [-0.2, 0) is 42.8 Å². The van der Waals surface area contributed by atoms with E-state index in [-0.39, 0.29) is 19.1 Å². The molecule has 0 spiro atoms. The van der Waals surface area contributed by atoms with Gasteiger partial charge in [0.25, 0.3) is 0 Å². The van der Waals surface area contributed by atoms with E-state index in [0.29, 0.717) is 6.42 Å². The number of carboxylic acid groups (broad SMARTS) is 1. The van der Waals surface area contributed by atoms with E-state index in [0.717, 1.165) is 64.7 Å². The fourth-order valence-corrected chi connectivity index (χ4v) is 5.79. The number of hydrogen-bond acceptors (Lipinski definition) is 14. The molecule has 0 aromatic heterocycles. The van der Waals surface area contributed by atoms with Crippen LogP contribution in [0.25, 0.3) is 0 Å². The van der Waals surface area contributed by atoms with Crippen molar-refractivity contribution in [3.8, 4) is 0 Å². The van der Waals surface area contributed by atoms with Crippen LogP contribution in [0.3, 0.4) is 0 Å². The van der Waals surface area contributed by atoms with E-state index in [1.54, 1.807) is 0 Å². The molecular weight excluding hydrogens is 636 g/mol. The van der Waals surface area contributed by atoms with Crippen molar-refractivity contribution < 1.29 is 73.4 Å². The Morgan fingerprint density at radius 1 is 0.604 bits per heavy atom. The van der Waals surface area contributed by atoms with Crippen molar-refractivity contribution in [3.63, 3.8) is 0 Å². The summed E-state index contributed by atoms with van der Waals surface area (Å²) in [6.07, 6.45) is -1.92. The quantitative estimate of drug-likeness (QED) is 0.0661. The molecule has 0 unspecified atom stereocenters. The van der Waals surface area contributed by atoms with E-state index in [9.17, 15) is 39.9 Å². The van der Waals surface area contributed by atoms with E-state index < -0.39 is 85.9 Å². The maximum atomic E-state index is 11.4. The van der Waals surface area contributed by atoms with Crippen molar-refractivity contribution in [1.29, 1.82) is 0 Å². The van der Waals surface area contributed by atoms with Gasteiger partial charge >= 0.3 is 17.9 Å². The van der Waals surface area contributed by atoms with Gasteiger partial charge in [0.2, 0.25) is 0 Å². The van der Waals surface area contributed by atoms with Gasteiger partial charge in [-0.2, -0.15) is 0 Å². The van der Waals surface area contributed by atoms with Crippen LogP contribution >= 0.6 is 0 Å². The highest BCUT2D eigenvalue weighted by Gasteiger charge is 2.51. The Labute approximate surface area is 282 Å². The minimum absolute atomic E-state index is 0.250. The van der Waals surface area contributed by atoms with Gasteiger partial charge in [-0.1, -0.05) is 70.6 Å². The van der Waals surface area contributed by atoms with Gasteiger partial charge in [-0.3, -0.25) is 14.4 Å². The number of rotatable bonds is 23. The molecule has 2 saturated heterocycles. The van der Waals surface area contributed by atoms with Crippen LogP contribution in [0.5, 0.6) is 0 Å². The summed E-state index contributed by atoms with van der Waals surface area (Å²) < 4.78 is 33.3. The first-order valence-corrected chi connectivity index (χ1v) is 17.3. The SMILES string of the molecule is CC(=O)OC[C@H]1O[C@@H](O[C@H]2[C@H](O[C@@H](C)CCCCCCCCCCCCCCC(=O)O)O[C@H](COC(C)=O)[C@@H](O)[C@@H]2O)[C@H](O)[C@@H](O)[C@@H]1O. The molecule has 48 heavy (non-hydrogen) atoms. The molecule has 6 N–H and O–H groups in total. The van der Waals surface area contributed by atoms with Crippen LogP contribution in [0, 0.1) is 0 Å². The molecule has 0 aliphatic carbocycles. The Kier molecular flexibility index (Phi) is 20.0. The van der Waals surface area contributed by atoms with E-state index in [4.69, 9.17) is 33.5 Å². The topological polar surface area (TPSA) is 228 Å². The Balaban J connectivity index is 1.85. The monoisotopic (exact) mass is 694 g/mol. The third kappa shape index (κ3) is 15.3. The van der Waals surface area contributed by atoms with Gasteiger partial charge in [-0.15, -0.1) is 0 Å². The molecule has 11 atom stereocenters. The molecule has 0 aromatic rings. The first-order chi connectivity index (χ1) is 22.8. The third-order valence-electron chi connectivity index (χ3n) is 8.62. The highest BCUT2D eigenvalue weighted by atomic mass is 16.8. The van der Waals surface area contributed by atoms with Crippen molar-refractivity contribution in [2.45, 2.75) is 178 Å². The molecule has 15 heteroatoms. The van der Waals surface area contributed by atoms with Gasteiger partial charge in [-0.25, -0.2) is 0 Å². The van der Waals surface area contributed by atoms with Crippen molar-refractivity contribution >= 4 is 17.9 Å². The Morgan fingerprint density at radius 3 is 1.52 bits per heavy atom. The number of esters is 2. The fraction of sp³-hybridized carbons (Fsp3) is 0.909. The number of hydrogen-bond donors (Lipinski definition) is 6. The zero-order valence-electron chi connectivity index (χ0n) is 28.5. The maximum Gasteiger partial charge on any atom is 0.303 e. The van der Waals surface area contributed by atoms with Crippen LogP contribution in [0.1, 0.15) is 111 Å². The number of ether oxygens (including phenoxy) is 6. The normalized spacial score (nSPS) is 31.2. The number of aliphatic hydroxyl groups is 5. The zero-order chi connectivity index (χ0) is 35.6. The smallest absolute Gasteiger partial charge is 0.303 e. The molecule has 2 fully saturated rings.